The Morgan fingerprint density at radius 3 is 2.24 bits per heavy atom. The SMILES string of the molecule is C=C(C)CN1C(=O)[C@H]2CN(Cc3ccccc3)C[C@H]2C1=O. The maximum Gasteiger partial charge on any atom is 0.234 e. The molecule has 2 saturated heterocycles. The molecule has 1 aromatic carbocycles. The van der Waals surface area contributed by atoms with E-state index in [1.54, 1.807) is 0 Å². The van der Waals surface area contributed by atoms with E-state index < -0.39 is 0 Å². The molecule has 4 nitrogen and oxygen atoms in total. The molecule has 0 radical (unpaired) electrons. The van der Waals surface area contributed by atoms with Crippen molar-refractivity contribution in [3.05, 3.63) is 48.0 Å². The summed E-state index contributed by atoms with van der Waals surface area (Å²) in [4.78, 5) is 28.3. The van der Waals surface area contributed by atoms with E-state index in [2.05, 4.69) is 23.6 Å². The van der Waals surface area contributed by atoms with E-state index in [9.17, 15) is 9.59 Å². The number of hydrogen-bond donors (Lipinski definition) is 0. The van der Waals surface area contributed by atoms with Crippen molar-refractivity contribution in [3.63, 3.8) is 0 Å². The lowest BCUT2D eigenvalue weighted by molar-refractivity contribution is -0.140. The predicted molar refractivity (Wildman–Crippen MR) is 80.2 cm³/mol. The fourth-order valence-electron chi connectivity index (χ4n) is 3.29. The molecular weight excluding hydrogens is 264 g/mol. The summed E-state index contributed by atoms with van der Waals surface area (Å²) >= 11 is 0. The second kappa shape index (κ2) is 5.45. The molecule has 2 amide bonds. The molecule has 4 heteroatoms. The molecule has 2 atom stereocenters. The largest absolute Gasteiger partial charge is 0.297 e. The maximum atomic E-state index is 12.4. The number of fused-ring (bicyclic) bond motifs is 1. The minimum absolute atomic E-state index is 0.0245. The summed E-state index contributed by atoms with van der Waals surface area (Å²) in [5.74, 6) is -0.381. The third kappa shape index (κ3) is 2.63. The van der Waals surface area contributed by atoms with Crippen LogP contribution in [0.25, 0.3) is 0 Å². The average molecular weight is 284 g/mol. The van der Waals surface area contributed by atoms with Gasteiger partial charge in [0, 0.05) is 26.2 Å². The van der Waals surface area contributed by atoms with Crippen LogP contribution in [0, 0.1) is 11.8 Å². The van der Waals surface area contributed by atoms with E-state index in [0.717, 1.165) is 12.1 Å². The van der Waals surface area contributed by atoms with Gasteiger partial charge in [0.05, 0.1) is 11.8 Å². The first-order valence-corrected chi connectivity index (χ1v) is 7.32. The van der Waals surface area contributed by atoms with Crippen molar-refractivity contribution in [1.82, 2.24) is 9.80 Å². The zero-order valence-electron chi connectivity index (χ0n) is 12.3. The van der Waals surface area contributed by atoms with E-state index in [0.29, 0.717) is 19.6 Å². The second-order valence-corrected chi connectivity index (χ2v) is 6.11. The summed E-state index contributed by atoms with van der Waals surface area (Å²) in [5.41, 5.74) is 2.06. The Hall–Kier alpha value is -1.94. The van der Waals surface area contributed by atoms with Gasteiger partial charge in [-0.1, -0.05) is 42.5 Å². The Kier molecular flexibility index (Phi) is 3.64. The standard InChI is InChI=1S/C17H20N2O2/c1-12(2)8-19-16(20)14-10-18(11-15(14)17(19)21)9-13-6-4-3-5-7-13/h3-7,14-15H,1,8-11H2,2H3/t14-,15+. The van der Waals surface area contributed by atoms with Crippen LogP contribution in [-0.2, 0) is 16.1 Å². The van der Waals surface area contributed by atoms with Crippen LogP contribution in [0.4, 0.5) is 0 Å². The number of likely N-dealkylation sites (tertiary alicyclic amines) is 2. The van der Waals surface area contributed by atoms with Crippen LogP contribution in [0.3, 0.4) is 0 Å². The van der Waals surface area contributed by atoms with E-state index in [4.69, 9.17) is 0 Å². The Morgan fingerprint density at radius 2 is 1.71 bits per heavy atom. The average Bonchev–Trinajstić information content (AvgIpc) is 2.95. The maximum absolute atomic E-state index is 12.4. The lowest BCUT2D eigenvalue weighted by Gasteiger charge is -2.20. The number of imide groups is 1. The molecule has 2 fully saturated rings. The molecule has 110 valence electrons. The van der Waals surface area contributed by atoms with Gasteiger partial charge in [0.2, 0.25) is 11.8 Å². The van der Waals surface area contributed by atoms with Gasteiger partial charge in [-0.25, -0.2) is 0 Å². The van der Waals surface area contributed by atoms with Gasteiger partial charge in [-0.3, -0.25) is 19.4 Å². The highest BCUT2D eigenvalue weighted by molar-refractivity contribution is 6.06. The molecule has 3 rings (SSSR count). The quantitative estimate of drug-likeness (QED) is 0.624. The monoisotopic (exact) mass is 284 g/mol. The first-order chi connectivity index (χ1) is 10.1. The molecule has 0 aliphatic carbocycles. The molecule has 2 heterocycles. The van der Waals surface area contributed by atoms with E-state index in [-0.39, 0.29) is 23.7 Å². The number of carbonyl (C=O) groups is 2. The van der Waals surface area contributed by atoms with Crippen LogP contribution in [0.1, 0.15) is 12.5 Å². The number of hydrogen-bond acceptors (Lipinski definition) is 3. The van der Waals surface area contributed by atoms with Crippen molar-refractivity contribution in [1.29, 1.82) is 0 Å². The Balaban J connectivity index is 1.67. The Bertz CT molecular complexity index is 558. The summed E-state index contributed by atoms with van der Waals surface area (Å²) in [7, 11) is 0. The van der Waals surface area contributed by atoms with Gasteiger partial charge in [0.15, 0.2) is 0 Å². The molecule has 0 aromatic heterocycles. The number of rotatable bonds is 4. The van der Waals surface area contributed by atoms with Crippen molar-refractivity contribution in [2.24, 2.45) is 11.8 Å². The fourth-order valence-corrected chi connectivity index (χ4v) is 3.29. The molecule has 0 unspecified atom stereocenters. The Labute approximate surface area is 125 Å². The minimum Gasteiger partial charge on any atom is -0.297 e. The normalized spacial score (nSPS) is 25.5. The molecule has 0 bridgehead atoms. The summed E-state index contributed by atoms with van der Waals surface area (Å²) in [6, 6.07) is 10.2. The zero-order valence-corrected chi connectivity index (χ0v) is 12.3. The number of amides is 2. The topological polar surface area (TPSA) is 40.6 Å². The molecule has 21 heavy (non-hydrogen) atoms. The van der Waals surface area contributed by atoms with Gasteiger partial charge in [0.25, 0.3) is 0 Å². The molecule has 2 aliphatic rings. The molecule has 0 spiro atoms. The van der Waals surface area contributed by atoms with Crippen LogP contribution in [-0.4, -0.2) is 41.2 Å². The van der Waals surface area contributed by atoms with E-state index in [1.807, 2.05) is 25.1 Å². The predicted octanol–water partition coefficient (Wildman–Crippen LogP) is 1.68. The lowest BCUT2D eigenvalue weighted by atomic mass is 10.00. The Morgan fingerprint density at radius 1 is 1.14 bits per heavy atom. The van der Waals surface area contributed by atoms with Crippen LogP contribution in [0.2, 0.25) is 0 Å². The van der Waals surface area contributed by atoms with Crippen molar-refractivity contribution >= 4 is 11.8 Å². The first kappa shape index (κ1) is 14.0. The highest BCUT2D eigenvalue weighted by atomic mass is 16.2. The molecule has 1 aromatic rings. The summed E-state index contributed by atoms with van der Waals surface area (Å²) in [6.45, 7) is 8.16. The summed E-state index contributed by atoms with van der Waals surface area (Å²) in [5, 5.41) is 0. The van der Waals surface area contributed by atoms with Gasteiger partial charge < -0.3 is 0 Å². The fraction of sp³-hybridized carbons (Fsp3) is 0.412. The summed E-state index contributed by atoms with van der Waals surface area (Å²) < 4.78 is 0. The van der Waals surface area contributed by atoms with Crippen molar-refractivity contribution < 1.29 is 9.59 Å². The molecule has 0 saturated carbocycles. The van der Waals surface area contributed by atoms with Crippen molar-refractivity contribution in [2.45, 2.75) is 13.5 Å². The van der Waals surface area contributed by atoms with Crippen LogP contribution in [0.15, 0.2) is 42.5 Å². The molecule has 0 N–H and O–H groups in total. The van der Waals surface area contributed by atoms with Gasteiger partial charge in [-0.2, -0.15) is 0 Å². The van der Waals surface area contributed by atoms with Crippen LogP contribution >= 0.6 is 0 Å². The lowest BCUT2D eigenvalue weighted by Crippen LogP contribution is -2.36. The third-order valence-electron chi connectivity index (χ3n) is 4.24. The summed E-state index contributed by atoms with van der Waals surface area (Å²) in [6.07, 6.45) is 0. The van der Waals surface area contributed by atoms with Gasteiger partial charge in [0.1, 0.15) is 0 Å². The zero-order chi connectivity index (χ0) is 15.0. The number of benzene rings is 1. The van der Waals surface area contributed by atoms with Gasteiger partial charge in [-0.05, 0) is 12.5 Å². The van der Waals surface area contributed by atoms with Crippen molar-refractivity contribution in [2.75, 3.05) is 19.6 Å². The molecule has 2 aliphatic heterocycles. The minimum atomic E-state index is -0.166. The highest BCUT2D eigenvalue weighted by Gasteiger charge is 2.51. The van der Waals surface area contributed by atoms with E-state index in [1.165, 1.54) is 10.5 Å². The molecular formula is C17H20N2O2. The smallest absolute Gasteiger partial charge is 0.234 e. The van der Waals surface area contributed by atoms with Gasteiger partial charge >= 0.3 is 0 Å². The number of nitrogens with zero attached hydrogens (tertiary/aromatic N) is 2. The van der Waals surface area contributed by atoms with E-state index >= 15 is 0 Å². The first-order valence-electron chi connectivity index (χ1n) is 7.32. The van der Waals surface area contributed by atoms with Gasteiger partial charge in [-0.15, -0.1) is 0 Å². The third-order valence-corrected chi connectivity index (χ3v) is 4.24. The van der Waals surface area contributed by atoms with Crippen LogP contribution in [0.5, 0.6) is 0 Å². The van der Waals surface area contributed by atoms with Crippen LogP contribution < -0.4 is 0 Å². The number of carbonyl (C=O) groups excluding carboxylic acids is 2. The highest BCUT2D eigenvalue weighted by Crippen LogP contribution is 2.34. The second-order valence-electron chi connectivity index (χ2n) is 6.11. The van der Waals surface area contributed by atoms with Crippen molar-refractivity contribution in [3.8, 4) is 0 Å².